The van der Waals surface area contributed by atoms with Crippen molar-refractivity contribution in [1.29, 1.82) is 0 Å². The minimum Gasteiger partial charge on any atom is -0.462 e. The van der Waals surface area contributed by atoms with E-state index in [2.05, 4.69) is 24.1 Å². The lowest BCUT2D eigenvalue weighted by atomic mass is 9.77. The molecule has 140 valence electrons. The summed E-state index contributed by atoms with van der Waals surface area (Å²) in [5.74, 6) is 0.869. The number of carbonyl (C=O) groups is 2. The van der Waals surface area contributed by atoms with E-state index in [0.29, 0.717) is 47.0 Å². The molecule has 0 aliphatic heterocycles. The predicted molar refractivity (Wildman–Crippen MR) is 99.1 cm³/mol. The number of rotatable bonds is 6. The molecule has 4 unspecified atom stereocenters. The molecule has 0 radical (unpaired) electrons. The molecule has 1 saturated carbocycles. The highest BCUT2D eigenvalue weighted by atomic mass is 16.5. The molecule has 1 aromatic rings. The van der Waals surface area contributed by atoms with E-state index in [1.54, 1.807) is 20.8 Å². The zero-order chi connectivity index (χ0) is 18.7. The molecule has 2 rings (SSSR count). The number of Topliss-reactive ketones (excluding diaryl/α,β-unsaturated/α-hetero) is 1. The maximum atomic E-state index is 12.9. The van der Waals surface area contributed by atoms with Gasteiger partial charge in [-0.3, -0.25) is 4.79 Å². The van der Waals surface area contributed by atoms with Crippen LogP contribution >= 0.6 is 0 Å². The van der Waals surface area contributed by atoms with Gasteiger partial charge in [0.05, 0.1) is 23.9 Å². The highest BCUT2D eigenvalue weighted by Gasteiger charge is 2.31. The third kappa shape index (κ3) is 4.14. The molecular weight excluding hydrogens is 316 g/mol. The fourth-order valence-electron chi connectivity index (χ4n) is 3.94. The molecule has 0 amide bonds. The Kier molecular flexibility index (Phi) is 6.44. The van der Waals surface area contributed by atoms with Crippen LogP contribution in [-0.2, 0) is 4.74 Å². The number of hydrogen-bond donors (Lipinski definition) is 2. The molecule has 4 atom stereocenters. The molecule has 1 aliphatic carbocycles. The lowest BCUT2D eigenvalue weighted by Crippen LogP contribution is -2.47. The van der Waals surface area contributed by atoms with Gasteiger partial charge in [-0.15, -0.1) is 0 Å². The van der Waals surface area contributed by atoms with Crippen LogP contribution < -0.4 is 5.32 Å². The second-order valence-electron chi connectivity index (χ2n) is 7.47. The monoisotopic (exact) mass is 348 g/mol. The van der Waals surface area contributed by atoms with Gasteiger partial charge in [-0.2, -0.15) is 0 Å². The van der Waals surface area contributed by atoms with Crippen molar-refractivity contribution in [2.45, 2.75) is 72.9 Å². The van der Waals surface area contributed by atoms with Gasteiger partial charge in [0.2, 0.25) is 0 Å². The molecule has 25 heavy (non-hydrogen) atoms. The normalized spacial score (nSPS) is 24.8. The van der Waals surface area contributed by atoms with E-state index in [1.807, 2.05) is 6.92 Å². The molecule has 0 bridgehead atoms. The van der Waals surface area contributed by atoms with Crippen LogP contribution in [0.1, 0.15) is 79.1 Å². The first-order chi connectivity index (χ1) is 11.8. The molecule has 2 N–H and O–H groups in total. The number of aryl methyl sites for hydroxylation is 1. The summed E-state index contributed by atoms with van der Waals surface area (Å²) >= 11 is 0. The van der Waals surface area contributed by atoms with Gasteiger partial charge in [-0.1, -0.05) is 26.7 Å². The minimum absolute atomic E-state index is 0.00146. The van der Waals surface area contributed by atoms with Crippen LogP contribution in [-0.4, -0.2) is 35.4 Å². The van der Waals surface area contributed by atoms with Crippen LogP contribution in [0, 0.1) is 25.7 Å². The fourth-order valence-corrected chi connectivity index (χ4v) is 3.94. The number of carbonyl (C=O) groups excluding carboxylic acids is 2. The van der Waals surface area contributed by atoms with Crippen LogP contribution in [0.25, 0.3) is 0 Å². The summed E-state index contributed by atoms with van der Waals surface area (Å²) in [5.41, 5.74) is 2.36. The first kappa shape index (κ1) is 19.7. The maximum absolute atomic E-state index is 12.9. The Hall–Kier alpha value is -1.62. The topological polar surface area (TPSA) is 71.2 Å². The second-order valence-corrected chi connectivity index (χ2v) is 7.47. The lowest BCUT2D eigenvalue weighted by molar-refractivity contribution is 0.0525. The predicted octanol–water partition coefficient (Wildman–Crippen LogP) is 3.79. The van der Waals surface area contributed by atoms with Crippen LogP contribution in [0.5, 0.6) is 0 Å². The van der Waals surface area contributed by atoms with Gasteiger partial charge in [0.25, 0.3) is 0 Å². The van der Waals surface area contributed by atoms with E-state index in [0.717, 1.165) is 6.42 Å². The number of esters is 1. The Balaban J connectivity index is 2.14. The summed E-state index contributed by atoms with van der Waals surface area (Å²) in [6, 6.07) is 0.0770. The molecule has 1 aromatic heterocycles. The molecule has 1 aliphatic rings. The van der Waals surface area contributed by atoms with Gasteiger partial charge >= 0.3 is 5.97 Å². The Morgan fingerprint density at radius 3 is 2.60 bits per heavy atom. The zero-order valence-electron chi connectivity index (χ0n) is 16.4. The molecule has 1 heterocycles. The van der Waals surface area contributed by atoms with E-state index >= 15 is 0 Å². The van der Waals surface area contributed by atoms with Crippen molar-refractivity contribution >= 4 is 11.8 Å². The molecular formula is C20H32N2O3. The number of aromatic nitrogens is 1. The summed E-state index contributed by atoms with van der Waals surface area (Å²) in [6.07, 6.45) is 3.58. The third-order valence-electron chi connectivity index (χ3n) is 5.73. The number of H-pyrrole nitrogens is 1. The van der Waals surface area contributed by atoms with Gasteiger partial charge < -0.3 is 15.0 Å². The van der Waals surface area contributed by atoms with Crippen LogP contribution in [0.4, 0.5) is 0 Å². The lowest BCUT2D eigenvalue weighted by Gasteiger charge is -2.36. The van der Waals surface area contributed by atoms with Crippen molar-refractivity contribution < 1.29 is 14.3 Å². The van der Waals surface area contributed by atoms with E-state index in [1.165, 1.54) is 12.8 Å². The Morgan fingerprint density at radius 1 is 1.28 bits per heavy atom. The Morgan fingerprint density at radius 2 is 1.96 bits per heavy atom. The first-order valence-electron chi connectivity index (χ1n) is 9.44. The van der Waals surface area contributed by atoms with Gasteiger partial charge in [-0.25, -0.2) is 4.79 Å². The molecule has 5 heteroatoms. The number of ketones is 1. The summed E-state index contributed by atoms with van der Waals surface area (Å²) < 4.78 is 5.10. The van der Waals surface area contributed by atoms with E-state index in [4.69, 9.17) is 4.74 Å². The quantitative estimate of drug-likeness (QED) is 0.606. The summed E-state index contributed by atoms with van der Waals surface area (Å²) in [6.45, 7) is 12.2. The van der Waals surface area contributed by atoms with Gasteiger partial charge in [0, 0.05) is 11.7 Å². The zero-order valence-corrected chi connectivity index (χ0v) is 16.4. The fraction of sp³-hybridized carbons (Fsp3) is 0.700. The van der Waals surface area contributed by atoms with Crippen LogP contribution in [0.2, 0.25) is 0 Å². The molecule has 0 saturated heterocycles. The average molecular weight is 348 g/mol. The van der Waals surface area contributed by atoms with Crippen LogP contribution in [0.3, 0.4) is 0 Å². The maximum Gasteiger partial charge on any atom is 0.340 e. The molecule has 5 nitrogen and oxygen atoms in total. The summed E-state index contributed by atoms with van der Waals surface area (Å²) in [4.78, 5) is 28.1. The highest BCUT2D eigenvalue weighted by molar-refractivity contribution is 6.03. The van der Waals surface area contributed by atoms with E-state index in [9.17, 15) is 9.59 Å². The van der Waals surface area contributed by atoms with Crippen molar-refractivity contribution in [3.05, 3.63) is 22.5 Å². The second kappa shape index (κ2) is 8.17. The molecule has 0 spiro atoms. The standard InChI is InChI=1S/C20H32N2O3/c1-7-25-20(24)17-13(4)18(22-14(17)5)19(23)15(6)21-16-10-8-9-11(2)12(16)3/h11-12,15-16,21-22H,7-10H2,1-6H3. The van der Waals surface area contributed by atoms with Crippen LogP contribution in [0.15, 0.2) is 0 Å². The van der Waals surface area contributed by atoms with Crippen molar-refractivity contribution in [2.24, 2.45) is 11.8 Å². The number of nitrogens with one attached hydrogen (secondary N) is 2. The summed E-state index contributed by atoms with van der Waals surface area (Å²) in [7, 11) is 0. The Labute approximate surface area is 150 Å². The summed E-state index contributed by atoms with van der Waals surface area (Å²) in [5, 5.41) is 3.52. The van der Waals surface area contributed by atoms with Gasteiger partial charge in [0.1, 0.15) is 0 Å². The number of hydrogen-bond acceptors (Lipinski definition) is 4. The smallest absolute Gasteiger partial charge is 0.340 e. The van der Waals surface area contributed by atoms with Crippen molar-refractivity contribution in [1.82, 2.24) is 10.3 Å². The molecule has 0 aromatic carbocycles. The van der Waals surface area contributed by atoms with Gasteiger partial charge in [0.15, 0.2) is 5.78 Å². The minimum atomic E-state index is -0.372. The van der Waals surface area contributed by atoms with Crippen molar-refractivity contribution in [2.75, 3.05) is 6.61 Å². The number of ether oxygens (including phenoxy) is 1. The first-order valence-corrected chi connectivity index (χ1v) is 9.44. The SMILES string of the molecule is CCOC(=O)c1c(C)[nH]c(C(=O)C(C)NC2CCCC(C)C2C)c1C. The number of aromatic amines is 1. The van der Waals surface area contributed by atoms with E-state index < -0.39 is 0 Å². The Bertz CT molecular complexity index is 635. The van der Waals surface area contributed by atoms with Crippen molar-refractivity contribution in [3.8, 4) is 0 Å². The van der Waals surface area contributed by atoms with E-state index in [-0.39, 0.29) is 17.8 Å². The third-order valence-corrected chi connectivity index (χ3v) is 5.73. The van der Waals surface area contributed by atoms with Crippen molar-refractivity contribution in [3.63, 3.8) is 0 Å². The molecule has 1 fully saturated rings. The van der Waals surface area contributed by atoms with Gasteiger partial charge in [-0.05, 0) is 51.5 Å². The highest BCUT2D eigenvalue weighted by Crippen LogP contribution is 2.30. The average Bonchev–Trinajstić information content (AvgIpc) is 2.86. The largest absolute Gasteiger partial charge is 0.462 e.